The summed E-state index contributed by atoms with van der Waals surface area (Å²) in [6.45, 7) is 3.01. The molecule has 18 heavy (non-hydrogen) atoms. The zero-order valence-corrected chi connectivity index (χ0v) is 11.2. The Balaban J connectivity index is 1.84. The highest BCUT2D eigenvalue weighted by Gasteiger charge is 2.28. The highest BCUT2D eigenvalue weighted by molar-refractivity contribution is 7.11. The third-order valence-corrected chi connectivity index (χ3v) is 4.11. The molecular formula is C13H17NO3S. The summed E-state index contributed by atoms with van der Waals surface area (Å²) in [6, 6.07) is 3.91. The van der Waals surface area contributed by atoms with E-state index in [4.69, 9.17) is 4.74 Å². The monoisotopic (exact) mass is 267 g/mol. The maximum absolute atomic E-state index is 11.6. The van der Waals surface area contributed by atoms with E-state index in [1.165, 1.54) is 14.7 Å². The number of hydrogen-bond donors (Lipinski definition) is 0. The molecule has 1 amide bonds. The van der Waals surface area contributed by atoms with Gasteiger partial charge < -0.3 is 9.53 Å². The minimum atomic E-state index is -0.360. The number of rotatable bonds is 5. The van der Waals surface area contributed by atoms with Crippen LogP contribution in [0, 0.1) is 6.92 Å². The minimum Gasteiger partial charge on any atom is -0.449 e. The van der Waals surface area contributed by atoms with Gasteiger partial charge in [0.2, 0.25) is 0 Å². The zero-order valence-electron chi connectivity index (χ0n) is 10.4. The molecule has 0 radical (unpaired) electrons. The molecule has 0 unspecified atom stereocenters. The van der Waals surface area contributed by atoms with Gasteiger partial charge in [0, 0.05) is 22.7 Å². The first-order valence-electron chi connectivity index (χ1n) is 6.14. The number of cyclic esters (lactones) is 1. The van der Waals surface area contributed by atoms with Gasteiger partial charge in [0.15, 0.2) is 0 Å². The van der Waals surface area contributed by atoms with E-state index in [-0.39, 0.29) is 12.1 Å². The summed E-state index contributed by atoms with van der Waals surface area (Å²) in [6.07, 6.45) is 2.89. The molecule has 0 aromatic carbocycles. The van der Waals surface area contributed by atoms with Gasteiger partial charge in [-0.15, -0.1) is 11.3 Å². The van der Waals surface area contributed by atoms with Crippen LogP contribution in [0.5, 0.6) is 0 Å². The predicted molar refractivity (Wildman–Crippen MR) is 69.9 cm³/mol. The van der Waals surface area contributed by atoms with Gasteiger partial charge in [0.25, 0.3) is 0 Å². The number of carbonyl (C=O) groups excluding carboxylic acids is 2. The fourth-order valence-corrected chi connectivity index (χ4v) is 3.01. The fourth-order valence-electron chi connectivity index (χ4n) is 2.08. The smallest absolute Gasteiger partial charge is 0.410 e. The van der Waals surface area contributed by atoms with Gasteiger partial charge in [0.05, 0.1) is 12.6 Å². The average molecular weight is 267 g/mol. The Morgan fingerprint density at radius 3 is 3.06 bits per heavy atom. The van der Waals surface area contributed by atoms with Crippen molar-refractivity contribution in [1.29, 1.82) is 0 Å². The van der Waals surface area contributed by atoms with Gasteiger partial charge in [0.1, 0.15) is 6.29 Å². The molecule has 1 saturated heterocycles. The zero-order chi connectivity index (χ0) is 13.0. The summed E-state index contributed by atoms with van der Waals surface area (Å²) in [5.74, 6) is 0. The Morgan fingerprint density at radius 2 is 2.39 bits per heavy atom. The summed E-state index contributed by atoms with van der Waals surface area (Å²) in [4.78, 5) is 26.6. The maximum Gasteiger partial charge on any atom is 0.410 e. The topological polar surface area (TPSA) is 46.6 Å². The lowest BCUT2D eigenvalue weighted by Crippen LogP contribution is -2.47. The first-order chi connectivity index (χ1) is 8.70. The summed E-state index contributed by atoms with van der Waals surface area (Å²) >= 11 is 1.78. The van der Waals surface area contributed by atoms with Crippen LogP contribution in [0.4, 0.5) is 4.79 Å². The van der Waals surface area contributed by atoms with Gasteiger partial charge in [-0.3, -0.25) is 4.90 Å². The van der Waals surface area contributed by atoms with E-state index in [0.29, 0.717) is 19.6 Å². The lowest BCUT2D eigenvalue weighted by molar-refractivity contribution is -0.113. The molecule has 0 aliphatic carbocycles. The van der Waals surface area contributed by atoms with E-state index in [2.05, 4.69) is 19.1 Å². The lowest BCUT2D eigenvalue weighted by Gasteiger charge is -2.31. The molecule has 0 spiro atoms. The highest BCUT2D eigenvalue weighted by atomic mass is 32.1. The molecule has 2 heterocycles. The largest absolute Gasteiger partial charge is 0.449 e. The van der Waals surface area contributed by atoms with Gasteiger partial charge in [-0.25, -0.2) is 4.79 Å². The van der Waals surface area contributed by atoms with Crippen LogP contribution in [0.25, 0.3) is 0 Å². The molecule has 1 aromatic rings. The summed E-state index contributed by atoms with van der Waals surface area (Å²) in [5.41, 5.74) is 0. The number of ether oxygens (including phenoxy) is 1. The minimum absolute atomic E-state index is 0.309. The second-order valence-corrected chi connectivity index (χ2v) is 5.79. The SMILES string of the molecule is Cc1ccc(CCCN2C(=O)OCC[C@@H]2C=O)s1. The van der Waals surface area contributed by atoms with Crippen molar-refractivity contribution in [2.75, 3.05) is 13.2 Å². The van der Waals surface area contributed by atoms with E-state index in [0.717, 1.165) is 19.1 Å². The van der Waals surface area contributed by atoms with Crippen LogP contribution in [-0.4, -0.2) is 36.5 Å². The van der Waals surface area contributed by atoms with Crippen molar-refractivity contribution in [3.63, 3.8) is 0 Å². The van der Waals surface area contributed by atoms with Crippen LogP contribution in [0.3, 0.4) is 0 Å². The van der Waals surface area contributed by atoms with Crippen LogP contribution >= 0.6 is 11.3 Å². The van der Waals surface area contributed by atoms with Crippen LogP contribution in [0.15, 0.2) is 12.1 Å². The van der Waals surface area contributed by atoms with Crippen molar-refractivity contribution < 1.29 is 14.3 Å². The molecule has 1 aliphatic rings. The van der Waals surface area contributed by atoms with Crippen LogP contribution in [-0.2, 0) is 16.0 Å². The summed E-state index contributed by atoms with van der Waals surface area (Å²) < 4.78 is 4.96. The molecule has 1 aliphatic heterocycles. The fraction of sp³-hybridized carbons (Fsp3) is 0.538. The van der Waals surface area contributed by atoms with Crippen molar-refractivity contribution in [3.8, 4) is 0 Å². The molecule has 1 atom stereocenters. The Morgan fingerprint density at radius 1 is 1.56 bits per heavy atom. The normalized spacial score (nSPS) is 19.7. The van der Waals surface area contributed by atoms with Crippen molar-refractivity contribution >= 4 is 23.7 Å². The third-order valence-electron chi connectivity index (χ3n) is 3.05. The number of thiophene rings is 1. The maximum atomic E-state index is 11.6. The first-order valence-corrected chi connectivity index (χ1v) is 6.96. The van der Waals surface area contributed by atoms with E-state index in [1.54, 1.807) is 11.3 Å². The Bertz CT molecular complexity index is 430. The molecular weight excluding hydrogens is 250 g/mol. The summed E-state index contributed by atoms with van der Waals surface area (Å²) in [5, 5.41) is 0. The van der Waals surface area contributed by atoms with Crippen LogP contribution in [0.2, 0.25) is 0 Å². The number of aryl methyl sites for hydroxylation is 2. The second kappa shape index (κ2) is 6.00. The molecule has 0 N–H and O–H groups in total. The molecule has 4 nitrogen and oxygen atoms in total. The van der Waals surface area contributed by atoms with E-state index in [1.807, 2.05) is 0 Å². The highest BCUT2D eigenvalue weighted by Crippen LogP contribution is 2.18. The summed E-state index contributed by atoms with van der Waals surface area (Å²) in [7, 11) is 0. The number of nitrogens with zero attached hydrogens (tertiary/aromatic N) is 1. The molecule has 1 aromatic heterocycles. The van der Waals surface area contributed by atoms with Crippen LogP contribution < -0.4 is 0 Å². The molecule has 1 fully saturated rings. The quantitative estimate of drug-likeness (QED) is 0.770. The number of hydrogen-bond acceptors (Lipinski definition) is 4. The van der Waals surface area contributed by atoms with Gasteiger partial charge in [-0.05, 0) is 31.9 Å². The van der Waals surface area contributed by atoms with E-state index >= 15 is 0 Å². The molecule has 0 saturated carbocycles. The van der Waals surface area contributed by atoms with Gasteiger partial charge in [-0.1, -0.05) is 0 Å². The standard InChI is InChI=1S/C13H17NO3S/c1-10-4-5-12(18-10)3-2-7-14-11(9-15)6-8-17-13(14)16/h4-5,9,11H,2-3,6-8H2,1H3/t11-/m1/s1. The van der Waals surface area contributed by atoms with E-state index in [9.17, 15) is 9.59 Å². The van der Waals surface area contributed by atoms with Crippen molar-refractivity contribution in [2.45, 2.75) is 32.2 Å². The van der Waals surface area contributed by atoms with Crippen molar-refractivity contribution in [2.24, 2.45) is 0 Å². The second-order valence-electron chi connectivity index (χ2n) is 4.42. The predicted octanol–water partition coefficient (Wildman–Crippen LogP) is 2.40. The number of carbonyl (C=O) groups is 2. The number of amides is 1. The van der Waals surface area contributed by atoms with Crippen LogP contribution in [0.1, 0.15) is 22.6 Å². The number of aldehydes is 1. The molecule has 2 rings (SSSR count). The average Bonchev–Trinajstić information content (AvgIpc) is 2.77. The van der Waals surface area contributed by atoms with Gasteiger partial charge >= 0.3 is 6.09 Å². The van der Waals surface area contributed by atoms with E-state index < -0.39 is 0 Å². The molecule has 5 heteroatoms. The molecule has 98 valence electrons. The lowest BCUT2D eigenvalue weighted by atomic mass is 10.1. The van der Waals surface area contributed by atoms with Crippen molar-refractivity contribution in [1.82, 2.24) is 4.90 Å². The van der Waals surface area contributed by atoms with Gasteiger partial charge in [-0.2, -0.15) is 0 Å². The Kier molecular flexibility index (Phi) is 4.36. The Labute approximate surface area is 111 Å². The van der Waals surface area contributed by atoms with Crippen molar-refractivity contribution in [3.05, 3.63) is 21.9 Å². The molecule has 0 bridgehead atoms. The first kappa shape index (κ1) is 13.1. The third kappa shape index (κ3) is 3.10. The Hall–Kier alpha value is -1.36.